The standard InChI is InChI=1S/C22H24N2O5/c1-28-16-8-3-2-7-15(16)19-18(20(25)17-9-6-14-29-17)21(26)22(27)24(19)13-12-23-10-4-5-11-23/h2-3,6-9,14,19,26H,4-5,10-13H2,1H3. The first kappa shape index (κ1) is 19.3. The molecule has 152 valence electrons. The van der Waals surface area contributed by atoms with Crippen LogP contribution in [0, 0.1) is 0 Å². The van der Waals surface area contributed by atoms with Crippen LogP contribution in [-0.4, -0.2) is 59.9 Å². The van der Waals surface area contributed by atoms with Crippen molar-refractivity contribution >= 4 is 11.7 Å². The highest BCUT2D eigenvalue weighted by Gasteiger charge is 2.45. The Hall–Kier alpha value is -3.06. The third kappa shape index (κ3) is 3.53. The van der Waals surface area contributed by atoms with Crippen LogP contribution in [0.2, 0.25) is 0 Å². The molecule has 2 aliphatic heterocycles. The van der Waals surface area contributed by atoms with Gasteiger partial charge in [0.1, 0.15) is 5.75 Å². The first-order valence-electron chi connectivity index (χ1n) is 9.79. The van der Waals surface area contributed by atoms with Gasteiger partial charge in [-0.25, -0.2) is 0 Å². The molecule has 2 aliphatic rings. The molecule has 29 heavy (non-hydrogen) atoms. The number of ether oxygens (including phenoxy) is 1. The van der Waals surface area contributed by atoms with Gasteiger partial charge in [0, 0.05) is 18.7 Å². The molecule has 1 aromatic carbocycles. The molecule has 1 unspecified atom stereocenters. The second-order valence-corrected chi connectivity index (χ2v) is 7.26. The molecule has 0 bridgehead atoms. The van der Waals surface area contributed by atoms with Gasteiger partial charge in [0.25, 0.3) is 5.91 Å². The number of likely N-dealkylation sites (tertiary alicyclic amines) is 1. The number of benzene rings is 1. The summed E-state index contributed by atoms with van der Waals surface area (Å²) >= 11 is 0. The van der Waals surface area contributed by atoms with Crippen LogP contribution in [0.1, 0.15) is 35.0 Å². The molecule has 0 saturated carbocycles. The molecule has 1 saturated heterocycles. The van der Waals surface area contributed by atoms with Crippen molar-refractivity contribution in [1.29, 1.82) is 0 Å². The number of nitrogens with zero attached hydrogens (tertiary/aromatic N) is 2. The van der Waals surface area contributed by atoms with Crippen LogP contribution < -0.4 is 4.74 Å². The number of aliphatic hydroxyl groups excluding tert-OH is 1. The van der Waals surface area contributed by atoms with E-state index in [9.17, 15) is 14.7 Å². The topological polar surface area (TPSA) is 83.2 Å². The largest absolute Gasteiger partial charge is 0.503 e. The molecule has 0 spiro atoms. The second kappa shape index (κ2) is 8.13. The minimum Gasteiger partial charge on any atom is -0.503 e. The van der Waals surface area contributed by atoms with Gasteiger partial charge in [0.05, 0.1) is 25.0 Å². The number of carbonyl (C=O) groups excluding carboxylic acids is 2. The maximum Gasteiger partial charge on any atom is 0.290 e. The van der Waals surface area contributed by atoms with Crippen molar-refractivity contribution < 1.29 is 23.8 Å². The van der Waals surface area contributed by atoms with E-state index in [1.807, 2.05) is 18.2 Å². The smallest absolute Gasteiger partial charge is 0.290 e. The van der Waals surface area contributed by atoms with Crippen molar-refractivity contribution in [2.45, 2.75) is 18.9 Å². The number of hydrogen-bond donors (Lipinski definition) is 1. The normalized spacial score (nSPS) is 20.0. The molecule has 7 heteroatoms. The van der Waals surface area contributed by atoms with Crippen molar-refractivity contribution in [1.82, 2.24) is 9.80 Å². The van der Waals surface area contributed by atoms with Gasteiger partial charge in [-0.15, -0.1) is 0 Å². The Morgan fingerprint density at radius 3 is 2.62 bits per heavy atom. The van der Waals surface area contributed by atoms with Crippen molar-refractivity contribution in [3.05, 3.63) is 65.3 Å². The summed E-state index contributed by atoms with van der Waals surface area (Å²) in [6.45, 7) is 3.09. The Morgan fingerprint density at radius 1 is 1.17 bits per heavy atom. The lowest BCUT2D eigenvalue weighted by molar-refractivity contribution is -0.129. The van der Waals surface area contributed by atoms with Crippen LogP contribution in [0.4, 0.5) is 0 Å². The summed E-state index contributed by atoms with van der Waals surface area (Å²) in [5, 5.41) is 10.7. The van der Waals surface area contributed by atoms with E-state index in [0.717, 1.165) is 25.9 Å². The quantitative estimate of drug-likeness (QED) is 0.725. The molecule has 1 amide bonds. The summed E-state index contributed by atoms with van der Waals surface area (Å²) in [6.07, 6.45) is 3.69. The van der Waals surface area contributed by atoms with Gasteiger partial charge >= 0.3 is 0 Å². The third-order valence-electron chi connectivity index (χ3n) is 5.58. The number of rotatable bonds is 7. The van der Waals surface area contributed by atoms with Crippen molar-refractivity contribution in [3.63, 3.8) is 0 Å². The van der Waals surface area contributed by atoms with Crippen molar-refractivity contribution in [3.8, 4) is 5.75 Å². The van der Waals surface area contributed by atoms with Gasteiger partial charge in [0.15, 0.2) is 11.5 Å². The molecule has 0 radical (unpaired) electrons. The highest BCUT2D eigenvalue weighted by Crippen LogP contribution is 2.42. The van der Waals surface area contributed by atoms with Crippen molar-refractivity contribution in [2.24, 2.45) is 0 Å². The van der Waals surface area contributed by atoms with Crippen LogP contribution in [0.3, 0.4) is 0 Å². The van der Waals surface area contributed by atoms with E-state index in [1.54, 1.807) is 24.1 Å². The Labute approximate surface area is 169 Å². The average Bonchev–Trinajstić information content (AvgIpc) is 3.49. The molecule has 7 nitrogen and oxygen atoms in total. The summed E-state index contributed by atoms with van der Waals surface area (Å²) < 4.78 is 10.7. The summed E-state index contributed by atoms with van der Waals surface area (Å²) in [6, 6.07) is 9.64. The second-order valence-electron chi connectivity index (χ2n) is 7.26. The van der Waals surface area contributed by atoms with Gasteiger partial charge in [-0.05, 0) is 44.1 Å². The van der Waals surface area contributed by atoms with Gasteiger partial charge in [-0.2, -0.15) is 0 Å². The Bertz CT molecular complexity index is 928. The van der Waals surface area contributed by atoms with E-state index in [4.69, 9.17) is 9.15 Å². The summed E-state index contributed by atoms with van der Waals surface area (Å²) in [7, 11) is 1.54. The summed E-state index contributed by atoms with van der Waals surface area (Å²) in [5.74, 6) is -0.935. The van der Waals surface area contributed by atoms with E-state index < -0.39 is 23.5 Å². The maximum absolute atomic E-state index is 13.1. The highest BCUT2D eigenvalue weighted by atomic mass is 16.5. The fourth-order valence-electron chi connectivity index (χ4n) is 4.13. The molecule has 1 N–H and O–H groups in total. The summed E-state index contributed by atoms with van der Waals surface area (Å²) in [4.78, 5) is 29.9. The van der Waals surface area contributed by atoms with Crippen LogP contribution in [0.25, 0.3) is 0 Å². The number of ketones is 1. The minimum atomic E-state index is -0.737. The number of amides is 1. The third-order valence-corrected chi connectivity index (χ3v) is 5.58. The van der Waals surface area contributed by atoms with Gasteiger partial charge < -0.3 is 24.1 Å². The number of methoxy groups -OCH3 is 1. The maximum atomic E-state index is 13.1. The number of aliphatic hydroxyl groups is 1. The zero-order valence-corrected chi connectivity index (χ0v) is 16.3. The molecule has 1 atom stereocenters. The zero-order chi connectivity index (χ0) is 20.4. The van der Waals surface area contributed by atoms with Gasteiger partial charge in [-0.3, -0.25) is 9.59 Å². The molecular formula is C22H24N2O5. The molecule has 4 rings (SSSR count). The van der Waals surface area contributed by atoms with Crippen LogP contribution in [-0.2, 0) is 4.79 Å². The Morgan fingerprint density at radius 2 is 1.93 bits per heavy atom. The Balaban J connectivity index is 1.73. The predicted octanol–water partition coefficient (Wildman–Crippen LogP) is 2.96. The number of para-hydroxylation sites is 1. The molecular weight excluding hydrogens is 372 g/mol. The molecule has 2 aromatic rings. The highest BCUT2D eigenvalue weighted by molar-refractivity contribution is 6.15. The first-order chi connectivity index (χ1) is 14.1. The van der Waals surface area contributed by atoms with Crippen molar-refractivity contribution in [2.75, 3.05) is 33.3 Å². The van der Waals surface area contributed by atoms with E-state index in [2.05, 4.69) is 4.90 Å². The lowest BCUT2D eigenvalue weighted by Crippen LogP contribution is -2.38. The fourth-order valence-corrected chi connectivity index (χ4v) is 4.13. The lowest BCUT2D eigenvalue weighted by Gasteiger charge is -2.29. The number of furan rings is 1. The van der Waals surface area contributed by atoms with Crippen LogP contribution >= 0.6 is 0 Å². The zero-order valence-electron chi connectivity index (χ0n) is 16.3. The molecule has 3 heterocycles. The van der Waals surface area contributed by atoms with E-state index in [1.165, 1.54) is 12.3 Å². The van der Waals surface area contributed by atoms with E-state index >= 15 is 0 Å². The Kier molecular flexibility index (Phi) is 5.40. The van der Waals surface area contributed by atoms with Gasteiger partial charge in [-0.1, -0.05) is 18.2 Å². The van der Waals surface area contributed by atoms with Crippen LogP contribution in [0.15, 0.2) is 58.4 Å². The number of carbonyl (C=O) groups is 2. The average molecular weight is 396 g/mol. The first-order valence-corrected chi connectivity index (χ1v) is 9.79. The van der Waals surface area contributed by atoms with Gasteiger partial charge in [0.2, 0.25) is 5.78 Å². The monoisotopic (exact) mass is 396 g/mol. The van der Waals surface area contributed by atoms with E-state index in [0.29, 0.717) is 24.4 Å². The minimum absolute atomic E-state index is 0.0240. The molecule has 1 fully saturated rings. The number of Topliss-reactive ketones (excluding diaryl/α,β-unsaturated/α-hetero) is 1. The molecule has 0 aliphatic carbocycles. The summed E-state index contributed by atoms with van der Waals surface area (Å²) in [5.41, 5.74) is 0.680. The number of hydrogen-bond acceptors (Lipinski definition) is 6. The lowest BCUT2D eigenvalue weighted by atomic mass is 9.94. The van der Waals surface area contributed by atoms with Crippen LogP contribution in [0.5, 0.6) is 5.75 Å². The van der Waals surface area contributed by atoms with E-state index in [-0.39, 0.29) is 11.3 Å². The fraction of sp³-hybridized carbons (Fsp3) is 0.364. The molecule has 1 aromatic heterocycles. The SMILES string of the molecule is COc1ccccc1C1C(C(=O)c2ccco2)=C(O)C(=O)N1CCN1CCCC1. The predicted molar refractivity (Wildman–Crippen MR) is 106 cm³/mol.